The van der Waals surface area contributed by atoms with E-state index in [1.54, 1.807) is 17.4 Å². The normalized spacial score (nSPS) is 11.3. The Labute approximate surface area is 190 Å². The van der Waals surface area contributed by atoms with E-state index in [9.17, 15) is 4.79 Å². The van der Waals surface area contributed by atoms with Gasteiger partial charge in [0.15, 0.2) is 0 Å². The minimum Gasteiger partial charge on any atom is -0.321 e. The van der Waals surface area contributed by atoms with Gasteiger partial charge in [-0.15, -0.1) is 22.7 Å². The van der Waals surface area contributed by atoms with Crippen LogP contribution in [0.3, 0.4) is 0 Å². The standard InChI is InChI=1S/C23H14Cl2N2OS2/c1-12-6-7-13(23-27-16-4-2-3-5-18(16)30-23)10-17(12)26-22(28)21-20(25)15-9-8-14(24)11-19(15)29-21/h2-11H,1H3,(H,26,28). The molecule has 30 heavy (non-hydrogen) atoms. The number of hydrogen-bond acceptors (Lipinski definition) is 4. The zero-order valence-corrected chi connectivity index (χ0v) is 18.8. The highest BCUT2D eigenvalue weighted by Gasteiger charge is 2.18. The first-order valence-electron chi connectivity index (χ1n) is 9.15. The number of nitrogens with zero attached hydrogens (tertiary/aromatic N) is 1. The molecule has 0 unspecified atom stereocenters. The molecule has 7 heteroatoms. The van der Waals surface area contributed by atoms with Gasteiger partial charge in [0.05, 0.1) is 15.2 Å². The third-order valence-corrected chi connectivity index (χ3v) is 7.80. The molecule has 3 aromatic carbocycles. The summed E-state index contributed by atoms with van der Waals surface area (Å²) in [6.07, 6.45) is 0. The van der Waals surface area contributed by atoms with Crippen molar-refractivity contribution in [1.82, 2.24) is 4.98 Å². The molecule has 2 aromatic heterocycles. The molecule has 0 aliphatic rings. The molecule has 0 radical (unpaired) electrons. The Morgan fingerprint density at radius 1 is 0.967 bits per heavy atom. The van der Waals surface area contributed by atoms with E-state index in [-0.39, 0.29) is 5.91 Å². The molecule has 2 heterocycles. The summed E-state index contributed by atoms with van der Waals surface area (Å²) in [6, 6.07) is 19.5. The van der Waals surface area contributed by atoms with Gasteiger partial charge < -0.3 is 5.32 Å². The van der Waals surface area contributed by atoms with Crippen molar-refractivity contribution in [3.8, 4) is 10.6 Å². The number of anilines is 1. The van der Waals surface area contributed by atoms with Crippen molar-refractivity contribution in [2.24, 2.45) is 0 Å². The molecule has 1 amide bonds. The number of halogens is 2. The maximum atomic E-state index is 13.0. The third kappa shape index (κ3) is 3.48. The Morgan fingerprint density at radius 2 is 1.80 bits per heavy atom. The van der Waals surface area contributed by atoms with E-state index in [2.05, 4.69) is 11.4 Å². The van der Waals surface area contributed by atoms with Crippen molar-refractivity contribution in [2.75, 3.05) is 5.32 Å². The van der Waals surface area contributed by atoms with Crippen LogP contribution >= 0.6 is 45.9 Å². The highest BCUT2D eigenvalue weighted by Crippen LogP contribution is 2.38. The zero-order valence-electron chi connectivity index (χ0n) is 15.7. The van der Waals surface area contributed by atoms with Crippen molar-refractivity contribution in [3.05, 3.63) is 81.1 Å². The van der Waals surface area contributed by atoms with Crippen LogP contribution in [0.1, 0.15) is 15.2 Å². The van der Waals surface area contributed by atoms with Gasteiger partial charge in [0.2, 0.25) is 0 Å². The average molecular weight is 469 g/mol. The molecule has 5 rings (SSSR count). The van der Waals surface area contributed by atoms with E-state index in [0.717, 1.165) is 42.1 Å². The van der Waals surface area contributed by atoms with Gasteiger partial charge in [0.25, 0.3) is 5.91 Å². The maximum absolute atomic E-state index is 13.0. The summed E-state index contributed by atoms with van der Waals surface area (Å²) in [5, 5.41) is 5.83. The van der Waals surface area contributed by atoms with Crippen molar-refractivity contribution in [3.63, 3.8) is 0 Å². The summed E-state index contributed by atoms with van der Waals surface area (Å²) in [4.78, 5) is 18.2. The van der Waals surface area contributed by atoms with Crippen LogP contribution in [-0.2, 0) is 0 Å². The summed E-state index contributed by atoms with van der Waals surface area (Å²) in [5.74, 6) is -0.234. The predicted octanol–water partition coefficient (Wildman–Crippen LogP) is 8.05. The molecule has 0 bridgehead atoms. The lowest BCUT2D eigenvalue weighted by Gasteiger charge is -2.09. The number of fused-ring (bicyclic) bond motifs is 2. The largest absolute Gasteiger partial charge is 0.321 e. The Balaban J connectivity index is 1.49. The summed E-state index contributed by atoms with van der Waals surface area (Å²) in [7, 11) is 0. The van der Waals surface area contributed by atoms with Crippen molar-refractivity contribution in [2.45, 2.75) is 6.92 Å². The van der Waals surface area contributed by atoms with E-state index < -0.39 is 0 Å². The lowest BCUT2D eigenvalue weighted by molar-refractivity contribution is 0.103. The molecule has 148 valence electrons. The summed E-state index contributed by atoms with van der Waals surface area (Å²) in [5.41, 5.74) is 3.64. The van der Waals surface area contributed by atoms with Crippen molar-refractivity contribution < 1.29 is 4.79 Å². The number of thiazole rings is 1. The van der Waals surface area contributed by atoms with E-state index in [1.807, 2.05) is 55.5 Å². The topological polar surface area (TPSA) is 42.0 Å². The molecule has 0 atom stereocenters. The second kappa shape index (κ2) is 7.67. The van der Waals surface area contributed by atoms with Crippen LogP contribution in [0.15, 0.2) is 60.7 Å². The molecule has 5 aromatic rings. The van der Waals surface area contributed by atoms with Crippen LogP contribution in [0.4, 0.5) is 5.69 Å². The van der Waals surface area contributed by atoms with Crippen LogP contribution in [-0.4, -0.2) is 10.9 Å². The molecule has 0 aliphatic heterocycles. The van der Waals surface area contributed by atoms with E-state index in [1.165, 1.54) is 11.3 Å². The van der Waals surface area contributed by atoms with E-state index in [4.69, 9.17) is 28.2 Å². The minimum absolute atomic E-state index is 0.234. The second-order valence-corrected chi connectivity index (χ2v) is 9.75. The average Bonchev–Trinajstić information content (AvgIpc) is 3.30. The summed E-state index contributed by atoms with van der Waals surface area (Å²) in [6.45, 7) is 1.96. The predicted molar refractivity (Wildman–Crippen MR) is 130 cm³/mol. The highest BCUT2D eigenvalue weighted by molar-refractivity contribution is 7.22. The molecule has 0 saturated heterocycles. The van der Waals surface area contributed by atoms with Crippen molar-refractivity contribution in [1.29, 1.82) is 0 Å². The fourth-order valence-corrected chi connectivity index (χ4v) is 5.90. The third-order valence-electron chi connectivity index (χ3n) is 4.82. The van der Waals surface area contributed by atoms with Crippen LogP contribution in [0, 0.1) is 6.92 Å². The first-order chi connectivity index (χ1) is 14.5. The quantitative estimate of drug-likeness (QED) is 0.291. The number of thiophene rings is 1. The van der Waals surface area contributed by atoms with Gasteiger partial charge in [-0.2, -0.15) is 0 Å². The van der Waals surface area contributed by atoms with Gasteiger partial charge >= 0.3 is 0 Å². The van der Waals surface area contributed by atoms with Crippen LogP contribution in [0.2, 0.25) is 10.0 Å². The molecule has 0 saturated carbocycles. The lowest BCUT2D eigenvalue weighted by atomic mass is 10.1. The number of carbonyl (C=O) groups excluding carboxylic acids is 1. The number of amides is 1. The number of aryl methyl sites for hydroxylation is 1. The Hall–Kier alpha value is -2.44. The number of aromatic nitrogens is 1. The van der Waals surface area contributed by atoms with E-state index in [0.29, 0.717) is 14.9 Å². The zero-order chi connectivity index (χ0) is 20.8. The highest BCUT2D eigenvalue weighted by atomic mass is 35.5. The number of para-hydroxylation sites is 1. The van der Waals surface area contributed by atoms with Gasteiger partial charge in [0.1, 0.15) is 9.88 Å². The molecular weight excluding hydrogens is 455 g/mol. The smallest absolute Gasteiger partial charge is 0.267 e. The van der Waals surface area contributed by atoms with Gasteiger partial charge in [-0.3, -0.25) is 4.79 Å². The summed E-state index contributed by atoms with van der Waals surface area (Å²) >= 11 is 15.5. The fraction of sp³-hybridized carbons (Fsp3) is 0.0435. The summed E-state index contributed by atoms with van der Waals surface area (Å²) < 4.78 is 2.02. The van der Waals surface area contributed by atoms with Gasteiger partial charge in [-0.1, -0.05) is 53.5 Å². The SMILES string of the molecule is Cc1ccc(-c2nc3ccccc3s2)cc1NC(=O)c1sc2cc(Cl)ccc2c1Cl. The van der Waals surface area contributed by atoms with Crippen LogP contribution in [0.5, 0.6) is 0 Å². The van der Waals surface area contributed by atoms with Crippen LogP contribution < -0.4 is 5.32 Å². The van der Waals surface area contributed by atoms with Crippen LogP contribution in [0.25, 0.3) is 30.9 Å². The number of hydrogen-bond donors (Lipinski definition) is 1. The number of carbonyl (C=O) groups is 1. The minimum atomic E-state index is -0.234. The fourth-order valence-electron chi connectivity index (χ4n) is 3.25. The molecule has 0 spiro atoms. The maximum Gasteiger partial charge on any atom is 0.267 e. The molecule has 0 fully saturated rings. The second-order valence-electron chi connectivity index (χ2n) is 6.86. The molecule has 3 nitrogen and oxygen atoms in total. The molecular formula is C23H14Cl2N2OS2. The monoisotopic (exact) mass is 468 g/mol. The first kappa shape index (κ1) is 19.5. The molecule has 0 aliphatic carbocycles. The Bertz CT molecular complexity index is 1410. The first-order valence-corrected chi connectivity index (χ1v) is 11.5. The number of nitrogens with one attached hydrogen (secondary N) is 1. The lowest BCUT2D eigenvalue weighted by Crippen LogP contribution is -2.11. The van der Waals surface area contributed by atoms with Gasteiger partial charge in [-0.25, -0.2) is 4.98 Å². The molecule has 1 N–H and O–H groups in total. The Morgan fingerprint density at radius 3 is 2.63 bits per heavy atom. The Kier molecular flexibility index (Phi) is 4.99. The van der Waals surface area contributed by atoms with Gasteiger partial charge in [0, 0.05) is 26.4 Å². The van der Waals surface area contributed by atoms with E-state index >= 15 is 0 Å². The van der Waals surface area contributed by atoms with Gasteiger partial charge in [-0.05, 0) is 42.8 Å². The number of benzene rings is 3. The number of rotatable bonds is 3. The van der Waals surface area contributed by atoms with Crippen molar-refractivity contribution >= 4 is 77.8 Å².